The molecule has 18 heavy (non-hydrogen) atoms. The number of amides is 1. The number of nitrogen functional groups attached to an aromatic ring is 1. The molecular formula is C13H20N4O. The lowest BCUT2D eigenvalue weighted by Crippen LogP contribution is -2.28. The van der Waals surface area contributed by atoms with Crippen molar-refractivity contribution in [2.75, 3.05) is 12.3 Å². The molecule has 2 aliphatic carbocycles. The lowest BCUT2D eigenvalue weighted by Gasteiger charge is -2.24. The molecule has 3 rings (SSSR count). The molecule has 98 valence electrons. The van der Waals surface area contributed by atoms with Gasteiger partial charge in [0.1, 0.15) is 0 Å². The van der Waals surface area contributed by atoms with Crippen LogP contribution in [0.2, 0.25) is 0 Å². The van der Waals surface area contributed by atoms with Crippen LogP contribution in [0.15, 0.2) is 0 Å². The van der Waals surface area contributed by atoms with Crippen LogP contribution in [0.1, 0.15) is 60.6 Å². The molecule has 2 saturated carbocycles. The molecular weight excluding hydrogens is 228 g/mol. The zero-order valence-corrected chi connectivity index (χ0v) is 10.5. The van der Waals surface area contributed by atoms with Gasteiger partial charge in [-0.25, -0.2) is 0 Å². The zero-order chi connectivity index (χ0) is 12.5. The Morgan fingerprint density at radius 3 is 2.78 bits per heavy atom. The molecule has 1 aromatic heterocycles. The number of nitrogens with zero attached hydrogens (tertiary/aromatic N) is 1. The fourth-order valence-corrected chi connectivity index (χ4v) is 2.48. The number of aromatic amines is 1. The van der Waals surface area contributed by atoms with Crippen LogP contribution in [0.3, 0.4) is 0 Å². The average Bonchev–Trinajstić information content (AvgIpc) is 3.06. The maximum atomic E-state index is 11.9. The normalized spacial score (nSPS) is 19.6. The predicted octanol–water partition coefficient (Wildman–Crippen LogP) is 1.79. The fourth-order valence-electron chi connectivity index (χ4n) is 2.48. The fraction of sp³-hybridized carbons (Fsp3) is 0.692. The summed E-state index contributed by atoms with van der Waals surface area (Å²) in [5.74, 6) is 1.16. The summed E-state index contributed by atoms with van der Waals surface area (Å²) in [6.07, 6.45) is 7.34. The second-order valence-electron chi connectivity index (χ2n) is 5.52. The Morgan fingerprint density at radius 2 is 2.17 bits per heavy atom. The highest BCUT2D eigenvalue weighted by molar-refractivity contribution is 5.97. The van der Waals surface area contributed by atoms with Crippen LogP contribution in [0.4, 0.5) is 5.69 Å². The van der Waals surface area contributed by atoms with Crippen LogP contribution in [0.25, 0.3) is 0 Å². The summed E-state index contributed by atoms with van der Waals surface area (Å²) < 4.78 is 0. The minimum absolute atomic E-state index is 0.144. The highest BCUT2D eigenvalue weighted by atomic mass is 16.1. The molecule has 5 nitrogen and oxygen atoms in total. The minimum Gasteiger partial charge on any atom is -0.395 e. The number of H-pyrrole nitrogens is 1. The Balaban J connectivity index is 1.54. The first kappa shape index (κ1) is 11.6. The Morgan fingerprint density at radius 1 is 1.39 bits per heavy atom. The standard InChI is InChI=1S/C13H20N4O/c14-10-11(9-4-5-9)16-17-12(10)13(18)15-7-6-8-2-1-3-8/h8-9H,1-7,14H2,(H,15,18)(H,16,17). The van der Waals surface area contributed by atoms with Gasteiger partial charge in [0.15, 0.2) is 5.69 Å². The van der Waals surface area contributed by atoms with Crippen molar-refractivity contribution in [3.63, 3.8) is 0 Å². The van der Waals surface area contributed by atoms with Crippen LogP contribution in [0.5, 0.6) is 0 Å². The SMILES string of the molecule is Nc1c(C(=O)NCCC2CCC2)n[nH]c1C1CC1. The lowest BCUT2D eigenvalue weighted by atomic mass is 9.83. The van der Waals surface area contributed by atoms with Crippen LogP contribution in [0, 0.1) is 5.92 Å². The van der Waals surface area contributed by atoms with E-state index in [0.717, 1.165) is 37.4 Å². The summed E-state index contributed by atoms with van der Waals surface area (Å²) in [5, 5.41) is 9.86. The summed E-state index contributed by atoms with van der Waals surface area (Å²) in [6, 6.07) is 0. The molecule has 0 saturated heterocycles. The second kappa shape index (κ2) is 4.63. The third-order valence-electron chi connectivity index (χ3n) is 4.10. The van der Waals surface area contributed by atoms with Crippen molar-refractivity contribution < 1.29 is 4.79 Å². The number of nitrogens with two attached hydrogens (primary N) is 1. The molecule has 0 bridgehead atoms. The van der Waals surface area contributed by atoms with Crippen molar-refractivity contribution in [2.45, 2.75) is 44.4 Å². The molecule has 4 N–H and O–H groups in total. The third kappa shape index (κ3) is 2.21. The molecule has 2 aliphatic rings. The third-order valence-corrected chi connectivity index (χ3v) is 4.10. The Hall–Kier alpha value is -1.52. The molecule has 2 fully saturated rings. The number of carbonyl (C=O) groups is 1. The minimum atomic E-state index is -0.144. The topological polar surface area (TPSA) is 83.8 Å². The molecule has 5 heteroatoms. The maximum absolute atomic E-state index is 11.9. The van der Waals surface area contributed by atoms with Crippen molar-refractivity contribution in [3.8, 4) is 0 Å². The van der Waals surface area contributed by atoms with Gasteiger partial charge in [-0.2, -0.15) is 5.10 Å². The number of hydrogen-bond donors (Lipinski definition) is 3. The molecule has 0 spiro atoms. The van der Waals surface area contributed by atoms with Crippen LogP contribution in [-0.4, -0.2) is 22.6 Å². The summed E-state index contributed by atoms with van der Waals surface area (Å²) >= 11 is 0. The number of rotatable bonds is 5. The molecule has 0 atom stereocenters. The largest absolute Gasteiger partial charge is 0.395 e. The van der Waals surface area contributed by atoms with Crippen LogP contribution < -0.4 is 11.1 Å². The maximum Gasteiger partial charge on any atom is 0.273 e. The van der Waals surface area contributed by atoms with E-state index in [1.165, 1.54) is 19.3 Å². The quantitative estimate of drug-likeness (QED) is 0.742. The Labute approximate surface area is 107 Å². The molecule has 0 aliphatic heterocycles. The van der Waals surface area contributed by atoms with Gasteiger partial charge in [-0.3, -0.25) is 9.89 Å². The Bertz CT molecular complexity index is 446. The van der Waals surface area contributed by atoms with E-state index in [0.29, 0.717) is 17.3 Å². The first-order valence-corrected chi connectivity index (χ1v) is 6.87. The second-order valence-corrected chi connectivity index (χ2v) is 5.52. The summed E-state index contributed by atoms with van der Waals surface area (Å²) in [7, 11) is 0. The van der Waals surface area contributed by atoms with Crippen LogP contribution >= 0.6 is 0 Å². The van der Waals surface area contributed by atoms with Gasteiger partial charge in [-0.15, -0.1) is 0 Å². The van der Waals surface area contributed by atoms with Gasteiger partial charge in [-0.1, -0.05) is 19.3 Å². The van der Waals surface area contributed by atoms with Crippen molar-refractivity contribution in [3.05, 3.63) is 11.4 Å². The van der Waals surface area contributed by atoms with Gasteiger partial charge in [0.2, 0.25) is 0 Å². The molecule has 1 heterocycles. The molecule has 0 radical (unpaired) electrons. The van der Waals surface area contributed by atoms with Crippen molar-refractivity contribution in [1.29, 1.82) is 0 Å². The highest BCUT2D eigenvalue weighted by Gasteiger charge is 2.30. The van der Waals surface area contributed by atoms with E-state index >= 15 is 0 Å². The molecule has 1 aromatic rings. The first-order valence-electron chi connectivity index (χ1n) is 6.87. The van der Waals surface area contributed by atoms with E-state index in [-0.39, 0.29) is 5.91 Å². The van der Waals surface area contributed by atoms with Gasteiger partial charge in [0, 0.05) is 12.5 Å². The van der Waals surface area contributed by atoms with E-state index in [1.807, 2.05) is 0 Å². The summed E-state index contributed by atoms with van der Waals surface area (Å²) in [6.45, 7) is 0.731. The van der Waals surface area contributed by atoms with Crippen molar-refractivity contribution in [2.24, 2.45) is 5.92 Å². The molecule has 0 unspecified atom stereocenters. The molecule has 0 aromatic carbocycles. The van der Waals surface area contributed by atoms with E-state index in [9.17, 15) is 4.79 Å². The van der Waals surface area contributed by atoms with Gasteiger partial charge in [0.25, 0.3) is 5.91 Å². The summed E-state index contributed by atoms with van der Waals surface area (Å²) in [4.78, 5) is 11.9. The number of carbonyl (C=O) groups excluding carboxylic acids is 1. The lowest BCUT2D eigenvalue weighted by molar-refractivity contribution is 0.0945. The van der Waals surface area contributed by atoms with Crippen molar-refractivity contribution >= 4 is 11.6 Å². The van der Waals surface area contributed by atoms with E-state index < -0.39 is 0 Å². The predicted molar refractivity (Wildman–Crippen MR) is 69.3 cm³/mol. The van der Waals surface area contributed by atoms with Gasteiger partial charge in [0.05, 0.1) is 11.4 Å². The molecule has 1 amide bonds. The van der Waals surface area contributed by atoms with Crippen molar-refractivity contribution in [1.82, 2.24) is 15.5 Å². The van der Waals surface area contributed by atoms with E-state index in [4.69, 9.17) is 5.73 Å². The zero-order valence-electron chi connectivity index (χ0n) is 10.5. The van der Waals surface area contributed by atoms with Gasteiger partial charge < -0.3 is 11.1 Å². The first-order chi connectivity index (χ1) is 8.75. The van der Waals surface area contributed by atoms with Gasteiger partial charge >= 0.3 is 0 Å². The monoisotopic (exact) mass is 248 g/mol. The van der Waals surface area contributed by atoms with Crippen LogP contribution in [-0.2, 0) is 0 Å². The average molecular weight is 248 g/mol. The van der Waals surface area contributed by atoms with E-state index in [2.05, 4.69) is 15.5 Å². The summed E-state index contributed by atoms with van der Waals surface area (Å²) in [5.41, 5.74) is 7.81. The van der Waals surface area contributed by atoms with E-state index in [1.54, 1.807) is 0 Å². The number of hydrogen-bond acceptors (Lipinski definition) is 3. The Kier molecular flexibility index (Phi) is 2.97. The smallest absolute Gasteiger partial charge is 0.273 e. The number of anilines is 1. The highest BCUT2D eigenvalue weighted by Crippen LogP contribution is 2.42. The number of nitrogens with one attached hydrogen (secondary N) is 2. The number of aromatic nitrogens is 2. The van der Waals surface area contributed by atoms with Gasteiger partial charge in [-0.05, 0) is 25.2 Å².